The molecule has 1 aromatic heterocycles. The summed E-state index contributed by atoms with van der Waals surface area (Å²) in [7, 11) is 1.45. The number of hydrogen-bond donors (Lipinski definition) is 2. The standard InChI is InChI=1S/C34H40N4O3/c1-21-27(22-11-13-23(14-12-22)31(39)38-29-10-8-9-15-34(29,5)6)18-26(20-36-21)37-32(40)28-17-25(33(2,3)4)16-24(19-35)30(28)41-7/h11-14,16-18,20,29H,8-10,15H2,1-7H3,(H,37,40)(H,38,39). The first-order chi connectivity index (χ1) is 19.3. The number of ether oxygens (including phenoxy) is 1. The highest BCUT2D eigenvalue weighted by atomic mass is 16.5. The zero-order chi connectivity index (χ0) is 29.9. The van der Waals surface area contributed by atoms with Crippen molar-refractivity contribution >= 4 is 17.5 Å². The number of benzene rings is 2. The van der Waals surface area contributed by atoms with Gasteiger partial charge in [-0.25, -0.2) is 0 Å². The SMILES string of the molecule is COc1c(C#N)cc(C(C)(C)C)cc1C(=O)Nc1cnc(C)c(-c2ccc(C(=O)NC3CCCCC3(C)C)cc2)c1. The van der Waals surface area contributed by atoms with Gasteiger partial charge >= 0.3 is 0 Å². The maximum atomic E-state index is 13.4. The summed E-state index contributed by atoms with van der Waals surface area (Å²) in [5.74, 6) is -0.210. The Kier molecular flexibility index (Phi) is 8.53. The number of aryl methyl sites for hydroxylation is 1. The van der Waals surface area contributed by atoms with Crippen LogP contribution >= 0.6 is 0 Å². The monoisotopic (exact) mass is 552 g/mol. The maximum absolute atomic E-state index is 13.4. The van der Waals surface area contributed by atoms with E-state index in [1.54, 1.807) is 18.3 Å². The first-order valence-electron chi connectivity index (χ1n) is 14.2. The summed E-state index contributed by atoms with van der Waals surface area (Å²) in [5, 5.41) is 15.9. The highest BCUT2D eigenvalue weighted by Gasteiger charge is 2.33. The van der Waals surface area contributed by atoms with Crippen molar-refractivity contribution in [2.45, 2.75) is 78.7 Å². The lowest BCUT2D eigenvalue weighted by atomic mass is 9.73. The van der Waals surface area contributed by atoms with E-state index in [-0.39, 0.29) is 34.1 Å². The fourth-order valence-corrected chi connectivity index (χ4v) is 5.43. The molecule has 4 rings (SSSR count). The zero-order valence-electron chi connectivity index (χ0n) is 25.1. The molecule has 214 valence electrons. The van der Waals surface area contributed by atoms with Crippen LogP contribution in [0.3, 0.4) is 0 Å². The van der Waals surface area contributed by atoms with Gasteiger partial charge < -0.3 is 15.4 Å². The first-order valence-corrected chi connectivity index (χ1v) is 14.2. The average molecular weight is 553 g/mol. The Morgan fingerprint density at radius 3 is 2.39 bits per heavy atom. The lowest BCUT2D eigenvalue weighted by Crippen LogP contribution is -2.46. The highest BCUT2D eigenvalue weighted by Crippen LogP contribution is 2.36. The third-order valence-electron chi connectivity index (χ3n) is 8.14. The smallest absolute Gasteiger partial charge is 0.259 e. The van der Waals surface area contributed by atoms with Crippen molar-refractivity contribution in [1.82, 2.24) is 10.3 Å². The molecule has 2 N–H and O–H groups in total. The van der Waals surface area contributed by atoms with Crippen LogP contribution < -0.4 is 15.4 Å². The average Bonchev–Trinajstić information content (AvgIpc) is 2.93. The van der Waals surface area contributed by atoms with E-state index in [0.717, 1.165) is 41.6 Å². The van der Waals surface area contributed by atoms with E-state index in [0.29, 0.717) is 16.8 Å². The molecule has 0 saturated heterocycles. The van der Waals surface area contributed by atoms with Crippen molar-refractivity contribution in [3.8, 4) is 22.9 Å². The number of nitrogens with zero attached hydrogens (tertiary/aromatic N) is 2. The molecule has 2 aromatic carbocycles. The maximum Gasteiger partial charge on any atom is 0.259 e. The van der Waals surface area contributed by atoms with Crippen LogP contribution in [-0.2, 0) is 5.41 Å². The van der Waals surface area contributed by atoms with E-state index in [1.807, 2.05) is 58.0 Å². The molecule has 41 heavy (non-hydrogen) atoms. The molecule has 0 bridgehead atoms. The van der Waals surface area contributed by atoms with Crippen LogP contribution in [0.25, 0.3) is 11.1 Å². The van der Waals surface area contributed by atoms with Crippen molar-refractivity contribution in [1.29, 1.82) is 5.26 Å². The molecule has 7 heteroatoms. The molecular weight excluding hydrogens is 512 g/mol. The van der Waals surface area contributed by atoms with Gasteiger partial charge in [-0.2, -0.15) is 5.26 Å². The number of nitriles is 1. The van der Waals surface area contributed by atoms with Crippen LogP contribution in [0.1, 0.15) is 97.8 Å². The van der Waals surface area contributed by atoms with Crippen molar-refractivity contribution in [3.05, 3.63) is 76.6 Å². The lowest BCUT2D eigenvalue weighted by molar-refractivity contribution is 0.0853. The summed E-state index contributed by atoms with van der Waals surface area (Å²) < 4.78 is 5.46. The number of pyridine rings is 1. The van der Waals surface area contributed by atoms with Gasteiger partial charge in [0.15, 0.2) is 0 Å². The van der Waals surface area contributed by atoms with Crippen molar-refractivity contribution in [3.63, 3.8) is 0 Å². The van der Waals surface area contributed by atoms with Gasteiger partial charge in [-0.1, -0.05) is 59.6 Å². The second-order valence-electron chi connectivity index (χ2n) is 12.6. The summed E-state index contributed by atoms with van der Waals surface area (Å²) >= 11 is 0. The molecule has 0 radical (unpaired) electrons. The summed E-state index contributed by atoms with van der Waals surface area (Å²) in [5.41, 5.74) is 4.94. The molecule has 0 spiro atoms. The van der Waals surface area contributed by atoms with Crippen LogP contribution in [0.15, 0.2) is 48.7 Å². The fraction of sp³-hybridized carbons (Fsp3) is 0.412. The Hall–Kier alpha value is -4.18. The summed E-state index contributed by atoms with van der Waals surface area (Å²) in [6, 6.07) is 15.2. The summed E-state index contributed by atoms with van der Waals surface area (Å²) in [4.78, 5) is 30.9. The van der Waals surface area contributed by atoms with E-state index in [9.17, 15) is 14.9 Å². The molecule has 1 saturated carbocycles. The van der Waals surface area contributed by atoms with E-state index < -0.39 is 5.91 Å². The van der Waals surface area contributed by atoms with Crippen molar-refractivity contribution in [2.24, 2.45) is 5.41 Å². The molecule has 1 fully saturated rings. The van der Waals surface area contributed by atoms with Gasteiger partial charge in [0.25, 0.3) is 11.8 Å². The Labute approximate surface area is 243 Å². The topological polar surface area (TPSA) is 104 Å². The Morgan fingerprint density at radius 1 is 1.07 bits per heavy atom. The normalized spacial score (nSPS) is 16.4. The third kappa shape index (κ3) is 6.59. The Bertz CT molecular complexity index is 1490. The number of carbonyl (C=O) groups excluding carboxylic acids is 2. The number of aromatic nitrogens is 1. The van der Waals surface area contributed by atoms with Gasteiger partial charge in [0.1, 0.15) is 11.8 Å². The minimum Gasteiger partial charge on any atom is -0.495 e. The number of rotatable bonds is 6. The number of carbonyl (C=O) groups is 2. The molecular formula is C34H40N4O3. The largest absolute Gasteiger partial charge is 0.495 e. The molecule has 7 nitrogen and oxygen atoms in total. The van der Waals surface area contributed by atoms with Gasteiger partial charge in [-0.3, -0.25) is 14.6 Å². The molecule has 1 unspecified atom stereocenters. The van der Waals surface area contributed by atoms with E-state index in [2.05, 4.69) is 35.5 Å². The van der Waals surface area contributed by atoms with Gasteiger partial charge in [0.2, 0.25) is 0 Å². The third-order valence-corrected chi connectivity index (χ3v) is 8.14. The van der Waals surface area contributed by atoms with Gasteiger partial charge in [-0.05, 0) is 72.1 Å². The zero-order valence-corrected chi connectivity index (χ0v) is 25.1. The summed E-state index contributed by atoms with van der Waals surface area (Å²) in [6.45, 7) is 12.4. The number of amides is 2. The van der Waals surface area contributed by atoms with E-state index in [1.165, 1.54) is 13.5 Å². The van der Waals surface area contributed by atoms with Gasteiger partial charge in [-0.15, -0.1) is 0 Å². The quantitative estimate of drug-likeness (QED) is 0.337. The lowest BCUT2D eigenvalue weighted by Gasteiger charge is -2.39. The second-order valence-corrected chi connectivity index (χ2v) is 12.6. The molecule has 2 amide bonds. The molecule has 1 heterocycles. The Morgan fingerprint density at radius 2 is 1.78 bits per heavy atom. The molecule has 1 aliphatic rings. The van der Waals surface area contributed by atoms with E-state index >= 15 is 0 Å². The molecule has 1 aliphatic carbocycles. The molecule has 3 aromatic rings. The van der Waals surface area contributed by atoms with Gasteiger partial charge in [0.05, 0.1) is 30.1 Å². The van der Waals surface area contributed by atoms with E-state index in [4.69, 9.17) is 4.74 Å². The number of nitrogens with one attached hydrogen (secondary N) is 2. The minimum absolute atomic E-state index is 0.0597. The van der Waals surface area contributed by atoms with Crippen LogP contribution in [0.2, 0.25) is 0 Å². The van der Waals surface area contributed by atoms with Crippen LogP contribution in [0.4, 0.5) is 5.69 Å². The van der Waals surface area contributed by atoms with Gasteiger partial charge in [0, 0.05) is 22.9 Å². The van der Waals surface area contributed by atoms with Crippen molar-refractivity contribution < 1.29 is 14.3 Å². The molecule has 0 aliphatic heterocycles. The number of anilines is 1. The van der Waals surface area contributed by atoms with Crippen LogP contribution in [0, 0.1) is 23.7 Å². The Balaban J connectivity index is 1.56. The first kappa shape index (κ1) is 29.8. The highest BCUT2D eigenvalue weighted by molar-refractivity contribution is 6.07. The fourth-order valence-electron chi connectivity index (χ4n) is 5.43. The van der Waals surface area contributed by atoms with Crippen LogP contribution in [-0.4, -0.2) is 29.9 Å². The van der Waals surface area contributed by atoms with Crippen LogP contribution in [0.5, 0.6) is 5.75 Å². The minimum atomic E-state index is -0.390. The predicted molar refractivity (Wildman–Crippen MR) is 162 cm³/mol. The molecule has 1 atom stereocenters. The number of hydrogen-bond acceptors (Lipinski definition) is 5. The second kappa shape index (κ2) is 11.7. The summed E-state index contributed by atoms with van der Waals surface area (Å²) in [6.07, 6.45) is 6.07. The number of methoxy groups -OCH3 is 1. The van der Waals surface area contributed by atoms with Crippen molar-refractivity contribution in [2.75, 3.05) is 12.4 Å². The predicted octanol–water partition coefficient (Wildman–Crippen LogP) is 7.19.